The molecule has 24 heavy (non-hydrogen) atoms. The van der Waals surface area contributed by atoms with Crippen LogP contribution in [0.25, 0.3) is 0 Å². The first-order chi connectivity index (χ1) is 11.2. The van der Waals surface area contributed by atoms with Crippen LogP contribution in [0.4, 0.5) is 10.1 Å². The summed E-state index contributed by atoms with van der Waals surface area (Å²) < 4.78 is 22.3. The number of anilines is 1. The molecule has 0 unspecified atom stereocenters. The third-order valence-electron chi connectivity index (χ3n) is 3.83. The maximum Gasteiger partial charge on any atom is 0.361 e. The van der Waals surface area contributed by atoms with Crippen LogP contribution in [-0.2, 0) is 13.1 Å². The van der Waals surface area contributed by atoms with E-state index in [9.17, 15) is 4.39 Å². The molecule has 0 spiro atoms. The van der Waals surface area contributed by atoms with E-state index in [-0.39, 0.29) is 5.95 Å². The summed E-state index contributed by atoms with van der Waals surface area (Å²) in [4.78, 5) is 1.88. The molecule has 2 rings (SSSR count). The Labute approximate surface area is 144 Å². The highest BCUT2D eigenvalue weighted by Gasteiger charge is 2.17. The Morgan fingerprint density at radius 1 is 1.12 bits per heavy atom. The van der Waals surface area contributed by atoms with E-state index in [4.69, 9.17) is 4.74 Å². The van der Waals surface area contributed by atoms with E-state index >= 15 is 0 Å². The van der Waals surface area contributed by atoms with Gasteiger partial charge in [0.05, 0.1) is 45.6 Å². The van der Waals surface area contributed by atoms with Crippen LogP contribution in [0.1, 0.15) is 11.1 Å². The van der Waals surface area contributed by atoms with Crippen LogP contribution >= 0.6 is 0 Å². The maximum absolute atomic E-state index is 14.3. The van der Waals surface area contributed by atoms with Crippen LogP contribution in [0.2, 0.25) is 0 Å². The summed E-state index contributed by atoms with van der Waals surface area (Å²) in [5.41, 5.74) is 3.01. The number of hydrogen-bond donors (Lipinski definition) is 0. The van der Waals surface area contributed by atoms with Gasteiger partial charge in [-0.1, -0.05) is 6.07 Å². The Balaban J connectivity index is 2.26. The molecule has 2 aromatic rings. The molecule has 5 heteroatoms. The number of aromatic nitrogens is 1. The number of pyridine rings is 1. The van der Waals surface area contributed by atoms with E-state index < -0.39 is 0 Å². The van der Waals surface area contributed by atoms with Gasteiger partial charge in [0.1, 0.15) is 12.3 Å². The normalized spacial score (nSPS) is 11.5. The fourth-order valence-electron chi connectivity index (χ4n) is 2.65. The number of halogens is 1. The summed E-state index contributed by atoms with van der Waals surface area (Å²) in [7, 11) is 11.9. The number of ether oxygens (including phenoxy) is 1. The van der Waals surface area contributed by atoms with Crippen molar-refractivity contribution < 1.29 is 18.2 Å². The fraction of sp³-hybridized carbons (Fsp3) is 0.421. The lowest BCUT2D eigenvalue weighted by Crippen LogP contribution is -2.38. The smallest absolute Gasteiger partial charge is 0.361 e. The molecule has 1 heterocycles. The van der Waals surface area contributed by atoms with Gasteiger partial charge >= 0.3 is 5.95 Å². The Morgan fingerprint density at radius 3 is 2.38 bits per heavy atom. The van der Waals surface area contributed by atoms with Gasteiger partial charge in [-0.25, -0.2) is 0 Å². The third-order valence-corrected chi connectivity index (χ3v) is 3.83. The van der Waals surface area contributed by atoms with Crippen LogP contribution in [0, 0.1) is 5.95 Å². The monoisotopic (exact) mass is 333 g/mol. The lowest BCUT2D eigenvalue weighted by molar-refractivity contribution is -0.884. The molecule has 130 valence electrons. The minimum atomic E-state index is -0.265. The number of nitrogens with zero attached hydrogens (tertiary/aromatic N) is 3. The van der Waals surface area contributed by atoms with Gasteiger partial charge in [-0.3, -0.25) is 0 Å². The maximum atomic E-state index is 14.3. The number of rotatable bonds is 6. The van der Waals surface area contributed by atoms with Crippen LogP contribution in [0.15, 0.2) is 36.5 Å². The molecule has 1 aromatic carbocycles. The van der Waals surface area contributed by atoms with Crippen molar-refractivity contribution in [2.24, 2.45) is 0 Å². The van der Waals surface area contributed by atoms with E-state index in [1.54, 1.807) is 17.9 Å². The molecule has 0 aliphatic heterocycles. The van der Waals surface area contributed by atoms with E-state index in [0.29, 0.717) is 6.54 Å². The lowest BCUT2D eigenvalue weighted by Gasteiger charge is -2.24. The lowest BCUT2D eigenvalue weighted by atomic mass is 10.1. The topological polar surface area (TPSA) is 16.4 Å². The van der Waals surface area contributed by atoms with Crippen LogP contribution in [0.5, 0.6) is 5.75 Å². The van der Waals surface area contributed by atoms with Crippen LogP contribution in [-0.4, -0.2) is 46.8 Å². The second kappa shape index (κ2) is 7.18. The molecule has 0 aliphatic rings. The Bertz CT molecular complexity index is 708. The zero-order valence-electron chi connectivity index (χ0n) is 15.5. The summed E-state index contributed by atoms with van der Waals surface area (Å²) in [5.74, 6) is 0.531. The second-order valence-electron chi connectivity index (χ2n) is 7.32. The van der Waals surface area contributed by atoms with Gasteiger partial charge in [0.15, 0.2) is 12.7 Å². The molecule has 0 saturated carbocycles. The molecular formula is C19H28FN3O+2. The molecule has 0 N–H and O–H groups in total. The number of hydrogen-bond acceptors (Lipinski definition) is 2. The standard InChI is InChI=1S/C19H28FN3O/c1-21(2)17-9-10-22(19(20)12-17)13-16-8-7-15(11-18(16)24-6)14-23(3,4)5/h7-12H,13-14H2,1-6H3/q+2. The Hall–Kier alpha value is -2.14. The van der Waals surface area contributed by atoms with Gasteiger partial charge in [-0.15, -0.1) is 4.39 Å². The zero-order chi connectivity index (χ0) is 17.9. The molecule has 0 amide bonds. The zero-order valence-corrected chi connectivity index (χ0v) is 15.5. The van der Waals surface area contributed by atoms with E-state index in [1.807, 2.05) is 37.2 Å². The summed E-state index contributed by atoms with van der Waals surface area (Å²) in [5, 5.41) is 0. The van der Waals surface area contributed by atoms with Gasteiger partial charge in [0.2, 0.25) is 0 Å². The summed E-state index contributed by atoms with van der Waals surface area (Å²) in [6.07, 6.45) is 1.77. The summed E-state index contributed by atoms with van der Waals surface area (Å²) >= 11 is 0. The minimum absolute atomic E-state index is 0.265. The number of benzene rings is 1. The SMILES string of the molecule is COc1cc(C[N+](C)(C)C)ccc1C[n+]1ccc(N(C)C)cc1F. The molecule has 0 saturated heterocycles. The Kier molecular flexibility index (Phi) is 5.44. The van der Waals surface area contributed by atoms with E-state index in [2.05, 4.69) is 27.2 Å². The quantitative estimate of drug-likeness (QED) is 0.459. The second-order valence-corrected chi connectivity index (χ2v) is 7.32. The first-order valence-corrected chi connectivity index (χ1v) is 8.02. The number of methoxy groups -OCH3 is 1. The van der Waals surface area contributed by atoms with Crippen molar-refractivity contribution in [1.82, 2.24) is 0 Å². The minimum Gasteiger partial charge on any atom is -0.496 e. The predicted octanol–water partition coefficient (Wildman–Crippen LogP) is 2.44. The van der Waals surface area contributed by atoms with Crippen molar-refractivity contribution in [3.05, 3.63) is 53.6 Å². The van der Waals surface area contributed by atoms with Crippen molar-refractivity contribution in [2.75, 3.05) is 47.2 Å². The summed E-state index contributed by atoms with van der Waals surface area (Å²) in [6, 6.07) is 9.61. The molecule has 0 radical (unpaired) electrons. The molecule has 0 bridgehead atoms. The average Bonchev–Trinajstić information content (AvgIpc) is 2.48. The van der Waals surface area contributed by atoms with Crippen molar-refractivity contribution in [3.8, 4) is 5.75 Å². The summed E-state index contributed by atoms with van der Waals surface area (Å²) in [6.45, 7) is 1.35. The molecule has 0 aliphatic carbocycles. The largest absolute Gasteiger partial charge is 0.496 e. The molecule has 1 aromatic heterocycles. The third kappa shape index (κ3) is 4.68. The van der Waals surface area contributed by atoms with Gasteiger partial charge in [-0.05, 0) is 12.1 Å². The van der Waals surface area contributed by atoms with Gasteiger partial charge in [0, 0.05) is 25.7 Å². The first-order valence-electron chi connectivity index (χ1n) is 8.02. The highest BCUT2D eigenvalue weighted by Crippen LogP contribution is 2.22. The molecule has 0 atom stereocenters. The highest BCUT2D eigenvalue weighted by molar-refractivity contribution is 5.42. The molecule has 0 fully saturated rings. The molecular weight excluding hydrogens is 305 g/mol. The number of quaternary nitrogens is 1. The average molecular weight is 333 g/mol. The molecule has 4 nitrogen and oxygen atoms in total. The van der Waals surface area contributed by atoms with Crippen molar-refractivity contribution >= 4 is 5.69 Å². The van der Waals surface area contributed by atoms with E-state index in [0.717, 1.165) is 28.0 Å². The van der Waals surface area contributed by atoms with Gasteiger partial charge in [0.25, 0.3) is 0 Å². The van der Waals surface area contributed by atoms with Crippen molar-refractivity contribution in [3.63, 3.8) is 0 Å². The van der Waals surface area contributed by atoms with Crippen LogP contribution in [0.3, 0.4) is 0 Å². The fourth-order valence-corrected chi connectivity index (χ4v) is 2.65. The van der Waals surface area contributed by atoms with Gasteiger partial charge in [-0.2, -0.15) is 4.57 Å². The van der Waals surface area contributed by atoms with E-state index in [1.165, 1.54) is 11.6 Å². The van der Waals surface area contributed by atoms with Crippen LogP contribution < -0.4 is 14.2 Å². The highest BCUT2D eigenvalue weighted by atomic mass is 19.1. The van der Waals surface area contributed by atoms with Crippen molar-refractivity contribution in [2.45, 2.75) is 13.1 Å². The Morgan fingerprint density at radius 2 is 1.83 bits per heavy atom. The first kappa shape index (κ1) is 18.2. The van der Waals surface area contributed by atoms with Gasteiger partial charge < -0.3 is 14.1 Å². The van der Waals surface area contributed by atoms with Crippen molar-refractivity contribution in [1.29, 1.82) is 0 Å². The predicted molar refractivity (Wildman–Crippen MR) is 94.8 cm³/mol.